The number of hydrogen-bond acceptors (Lipinski definition) is 3. The van der Waals surface area contributed by atoms with Crippen LogP contribution in [0.5, 0.6) is 0 Å². The Bertz CT molecular complexity index is 634. The van der Waals surface area contributed by atoms with Crippen molar-refractivity contribution in [2.24, 2.45) is 5.92 Å². The largest absolute Gasteiger partial charge is 0.366 e. The average molecular weight is 349 g/mol. The number of amides is 1. The van der Waals surface area contributed by atoms with Gasteiger partial charge in [0.25, 0.3) is 0 Å². The lowest BCUT2D eigenvalue weighted by Gasteiger charge is -2.37. The summed E-state index contributed by atoms with van der Waals surface area (Å²) in [5.41, 5.74) is 0.294. The summed E-state index contributed by atoms with van der Waals surface area (Å²) in [5.74, 6) is -0.141. The first-order valence-corrected chi connectivity index (χ1v) is 9.32. The van der Waals surface area contributed by atoms with Gasteiger partial charge in [-0.2, -0.15) is 0 Å². The van der Waals surface area contributed by atoms with E-state index in [2.05, 4.69) is 5.32 Å². The van der Waals surface area contributed by atoms with E-state index >= 15 is 0 Å². The van der Waals surface area contributed by atoms with Crippen LogP contribution in [-0.2, 0) is 4.79 Å². The predicted octanol–water partition coefficient (Wildman–Crippen LogP) is 2.53. The fraction of sp³-hybridized carbons (Fsp3) is 0.632. The molecule has 3 saturated heterocycles. The summed E-state index contributed by atoms with van der Waals surface area (Å²) >= 11 is 0. The molecule has 0 spiro atoms. The molecule has 3 heterocycles. The number of rotatable bonds is 3. The van der Waals surface area contributed by atoms with Crippen molar-refractivity contribution in [2.45, 2.75) is 44.2 Å². The number of halogens is 2. The number of fused-ring (bicyclic) bond motifs is 2. The van der Waals surface area contributed by atoms with Crippen molar-refractivity contribution in [3.05, 3.63) is 29.8 Å². The minimum atomic E-state index is -0.435. The Kier molecular flexibility index (Phi) is 4.63. The van der Waals surface area contributed by atoms with Crippen LogP contribution in [0.15, 0.2) is 18.2 Å². The van der Waals surface area contributed by atoms with Crippen LogP contribution in [0, 0.1) is 17.6 Å². The first-order chi connectivity index (χ1) is 12.1. The maximum absolute atomic E-state index is 13.9. The van der Waals surface area contributed by atoms with Gasteiger partial charge in [-0.05, 0) is 43.7 Å². The summed E-state index contributed by atoms with van der Waals surface area (Å²) in [5, 5.41) is 3.61. The molecule has 25 heavy (non-hydrogen) atoms. The van der Waals surface area contributed by atoms with Crippen molar-refractivity contribution in [3.63, 3.8) is 0 Å². The molecule has 4 nitrogen and oxygen atoms in total. The number of carbonyl (C=O) groups excluding carboxylic acids is 1. The van der Waals surface area contributed by atoms with Crippen molar-refractivity contribution in [1.82, 2.24) is 10.2 Å². The SMILES string of the molecule is O=C(CC1CC2CCC(C1)N2)N1CCN(c2cc(F)ccc2F)CC1. The molecular weight excluding hydrogens is 324 g/mol. The van der Waals surface area contributed by atoms with Crippen molar-refractivity contribution in [2.75, 3.05) is 31.1 Å². The first-order valence-electron chi connectivity index (χ1n) is 9.32. The topological polar surface area (TPSA) is 35.6 Å². The summed E-state index contributed by atoms with van der Waals surface area (Å²) in [6.45, 7) is 2.24. The molecule has 4 rings (SSSR count). The van der Waals surface area contributed by atoms with Gasteiger partial charge >= 0.3 is 0 Å². The first kappa shape index (κ1) is 16.8. The van der Waals surface area contributed by atoms with Gasteiger partial charge in [0.05, 0.1) is 5.69 Å². The molecule has 0 aliphatic carbocycles. The van der Waals surface area contributed by atoms with Crippen LogP contribution in [0.2, 0.25) is 0 Å². The maximum Gasteiger partial charge on any atom is 0.222 e. The molecule has 0 radical (unpaired) electrons. The zero-order valence-electron chi connectivity index (χ0n) is 14.4. The van der Waals surface area contributed by atoms with E-state index in [1.54, 1.807) is 0 Å². The molecule has 6 heteroatoms. The summed E-state index contributed by atoms with van der Waals surface area (Å²) in [7, 11) is 0. The molecule has 3 fully saturated rings. The average Bonchev–Trinajstić information content (AvgIpc) is 2.95. The molecule has 2 unspecified atom stereocenters. The second kappa shape index (κ2) is 6.90. The van der Waals surface area contributed by atoms with E-state index in [4.69, 9.17) is 0 Å². The van der Waals surface area contributed by atoms with Crippen LogP contribution >= 0.6 is 0 Å². The molecule has 1 aromatic carbocycles. The van der Waals surface area contributed by atoms with E-state index in [0.29, 0.717) is 56.3 Å². The smallest absolute Gasteiger partial charge is 0.222 e. The zero-order chi connectivity index (χ0) is 17.4. The van der Waals surface area contributed by atoms with Crippen LogP contribution in [0.25, 0.3) is 0 Å². The van der Waals surface area contributed by atoms with E-state index in [0.717, 1.165) is 25.0 Å². The van der Waals surface area contributed by atoms with E-state index in [1.807, 2.05) is 9.80 Å². The van der Waals surface area contributed by atoms with E-state index < -0.39 is 11.6 Å². The maximum atomic E-state index is 13.9. The molecule has 1 amide bonds. The van der Waals surface area contributed by atoms with E-state index in [-0.39, 0.29) is 5.91 Å². The molecule has 3 aliphatic heterocycles. The fourth-order valence-corrected chi connectivity index (χ4v) is 4.64. The number of piperidine rings is 1. The molecule has 0 saturated carbocycles. The third-order valence-corrected chi connectivity index (χ3v) is 5.92. The van der Waals surface area contributed by atoms with E-state index in [1.165, 1.54) is 18.9 Å². The van der Waals surface area contributed by atoms with Gasteiger partial charge in [0, 0.05) is 50.7 Å². The standard InChI is InChI=1S/C19H25F2N3O/c20-14-1-4-17(21)18(12-14)23-5-7-24(8-6-23)19(25)11-13-9-15-2-3-16(10-13)22-15/h1,4,12-13,15-16,22H,2-3,5-11H2. The summed E-state index contributed by atoms with van der Waals surface area (Å²) in [6.07, 6.45) is 5.33. The highest BCUT2D eigenvalue weighted by atomic mass is 19.1. The van der Waals surface area contributed by atoms with Gasteiger partial charge < -0.3 is 15.1 Å². The van der Waals surface area contributed by atoms with Gasteiger partial charge in [-0.25, -0.2) is 8.78 Å². The predicted molar refractivity (Wildman–Crippen MR) is 92.4 cm³/mol. The van der Waals surface area contributed by atoms with Gasteiger partial charge in [0.1, 0.15) is 11.6 Å². The molecule has 136 valence electrons. The minimum absolute atomic E-state index is 0.214. The number of benzene rings is 1. The summed E-state index contributed by atoms with van der Waals surface area (Å²) in [4.78, 5) is 16.3. The van der Waals surface area contributed by atoms with Gasteiger partial charge in [0.15, 0.2) is 0 Å². The Morgan fingerprint density at radius 3 is 2.44 bits per heavy atom. The lowest BCUT2D eigenvalue weighted by molar-refractivity contribution is -0.132. The van der Waals surface area contributed by atoms with Gasteiger partial charge in [0.2, 0.25) is 5.91 Å². The molecular formula is C19H25F2N3O. The van der Waals surface area contributed by atoms with E-state index in [9.17, 15) is 13.6 Å². The Balaban J connectivity index is 1.31. The van der Waals surface area contributed by atoms with Crippen LogP contribution in [0.4, 0.5) is 14.5 Å². The second-order valence-electron chi connectivity index (χ2n) is 7.64. The second-order valence-corrected chi connectivity index (χ2v) is 7.64. The van der Waals surface area contributed by atoms with Crippen LogP contribution in [0.1, 0.15) is 32.1 Å². The van der Waals surface area contributed by atoms with Crippen molar-refractivity contribution >= 4 is 11.6 Å². The highest BCUT2D eigenvalue weighted by molar-refractivity contribution is 5.76. The quantitative estimate of drug-likeness (QED) is 0.911. The number of carbonyl (C=O) groups is 1. The third kappa shape index (κ3) is 3.64. The molecule has 1 aromatic rings. The fourth-order valence-electron chi connectivity index (χ4n) is 4.64. The zero-order valence-corrected chi connectivity index (χ0v) is 14.4. The highest BCUT2D eigenvalue weighted by Crippen LogP contribution is 2.33. The van der Waals surface area contributed by atoms with Crippen LogP contribution in [0.3, 0.4) is 0 Å². The third-order valence-electron chi connectivity index (χ3n) is 5.92. The van der Waals surface area contributed by atoms with Crippen molar-refractivity contribution in [1.29, 1.82) is 0 Å². The van der Waals surface area contributed by atoms with Crippen LogP contribution in [-0.4, -0.2) is 49.1 Å². The van der Waals surface area contributed by atoms with Gasteiger partial charge in [-0.3, -0.25) is 4.79 Å². The number of nitrogens with one attached hydrogen (secondary N) is 1. The Morgan fingerprint density at radius 2 is 1.76 bits per heavy atom. The monoisotopic (exact) mass is 349 g/mol. The number of nitrogens with zero attached hydrogens (tertiary/aromatic N) is 2. The van der Waals surface area contributed by atoms with Crippen molar-refractivity contribution in [3.8, 4) is 0 Å². The van der Waals surface area contributed by atoms with Crippen molar-refractivity contribution < 1.29 is 13.6 Å². The normalized spacial score (nSPS) is 29.1. The summed E-state index contributed by atoms with van der Waals surface area (Å²) in [6, 6.07) is 4.73. The number of hydrogen-bond donors (Lipinski definition) is 1. The summed E-state index contributed by atoms with van der Waals surface area (Å²) < 4.78 is 27.3. The van der Waals surface area contributed by atoms with Crippen LogP contribution < -0.4 is 10.2 Å². The Hall–Kier alpha value is -1.69. The molecule has 0 aromatic heterocycles. The lowest BCUT2D eigenvalue weighted by Crippen LogP contribution is -2.50. The molecule has 2 atom stereocenters. The number of piperazine rings is 1. The Labute approximate surface area is 147 Å². The lowest BCUT2D eigenvalue weighted by atomic mass is 9.89. The Morgan fingerprint density at radius 1 is 1.08 bits per heavy atom. The molecule has 3 aliphatic rings. The molecule has 2 bridgehead atoms. The van der Waals surface area contributed by atoms with Gasteiger partial charge in [-0.15, -0.1) is 0 Å². The number of anilines is 1. The minimum Gasteiger partial charge on any atom is -0.366 e. The van der Waals surface area contributed by atoms with Gasteiger partial charge in [-0.1, -0.05) is 0 Å². The highest BCUT2D eigenvalue weighted by Gasteiger charge is 2.35. The molecule has 1 N–H and O–H groups in total.